The van der Waals surface area contributed by atoms with Crippen LogP contribution in [0.5, 0.6) is 0 Å². The topological polar surface area (TPSA) is 20.2 Å². The second-order valence-electron chi connectivity index (χ2n) is 4.31. The molecule has 0 saturated heterocycles. The summed E-state index contributed by atoms with van der Waals surface area (Å²) in [7, 11) is 0. The number of rotatable bonds is 5. The average molecular weight is 278 g/mol. The van der Waals surface area contributed by atoms with Crippen molar-refractivity contribution in [3.05, 3.63) is 12.2 Å². The molecule has 0 aliphatic rings. The summed E-state index contributed by atoms with van der Waals surface area (Å²) >= 11 is 0. The van der Waals surface area contributed by atoms with Gasteiger partial charge in [0.15, 0.2) is 0 Å². The fourth-order valence-corrected chi connectivity index (χ4v) is 1.55. The van der Waals surface area contributed by atoms with Crippen LogP contribution in [-0.4, -0.2) is 23.1 Å². The molecule has 0 heterocycles. The van der Waals surface area contributed by atoms with Crippen LogP contribution in [0.3, 0.4) is 0 Å². The summed E-state index contributed by atoms with van der Waals surface area (Å²) in [6, 6.07) is 0. The maximum atomic E-state index is 12.4. The van der Waals surface area contributed by atoms with E-state index in [-0.39, 0.29) is 6.42 Å². The zero-order valence-electron chi connectivity index (χ0n) is 10.1. The number of allylic oxidation sites excluding steroid dienone is 2. The number of hydrogen-bond acceptors (Lipinski definition) is 1. The molecule has 0 fully saturated rings. The van der Waals surface area contributed by atoms with Gasteiger partial charge in [0.25, 0.3) is 5.60 Å². The van der Waals surface area contributed by atoms with Crippen LogP contribution in [0.15, 0.2) is 12.2 Å². The molecule has 7 heteroatoms. The fraction of sp³-hybridized carbons (Fsp3) is 0.818. The minimum absolute atomic E-state index is 0.152. The van der Waals surface area contributed by atoms with Gasteiger partial charge in [-0.1, -0.05) is 19.1 Å². The highest BCUT2D eigenvalue weighted by Gasteiger charge is 2.70. The summed E-state index contributed by atoms with van der Waals surface area (Å²) in [4.78, 5) is 0. The molecule has 0 radical (unpaired) electrons. The number of alkyl halides is 6. The van der Waals surface area contributed by atoms with Crippen molar-refractivity contribution in [1.82, 2.24) is 0 Å². The highest BCUT2D eigenvalue weighted by molar-refractivity contribution is 4.95. The zero-order valence-corrected chi connectivity index (χ0v) is 10.1. The van der Waals surface area contributed by atoms with E-state index in [0.717, 1.165) is 0 Å². The van der Waals surface area contributed by atoms with Crippen molar-refractivity contribution in [2.75, 3.05) is 0 Å². The fourth-order valence-electron chi connectivity index (χ4n) is 1.55. The van der Waals surface area contributed by atoms with Crippen molar-refractivity contribution in [2.45, 2.75) is 51.1 Å². The molecule has 0 bridgehead atoms. The molecule has 0 saturated carbocycles. The van der Waals surface area contributed by atoms with Crippen LogP contribution in [0.2, 0.25) is 0 Å². The molecule has 0 aromatic heterocycles. The van der Waals surface area contributed by atoms with Gasteiger partial charge in [0, 0.05) is 0 Å². The van der Waals surface area contributed by atoms with Gasteiger partial charge in [-0.15, -0.1) is 0 Å². The van der Waals surface area contributed by atoms with Crippen molar-refractivity contribution >= 4 is 0 Å². The summed E-state index contributed by atoms with van der Waals surface area (Å²) in [6.07, 6.45) is -8.98. The molecule has 1 unspecified atom stereocenters. The van der Waals surface area contributed by atoms with E-state index in [0.29, 0.717) is 6.42 Å². The second kappa shape index (κ2) is 5.95. The van der Waals surface area contributed by atoms with E-state index in [1.54, 1.807) is 19.1 Å². The number of halogens is 6. The molecule has 1 N–H and O–H groups in total. The Morgan fingerprint density at radius 3 is 1.83 bits per heavy atom. The number of hydrogen-bond donors (Lipinski definition) is 1. The van der Waals surface area contributed by atoms with Crippen LogP contribution in [0, 0.1) is 5.92 Å². The summed E-state index contributed by atoms with van der Waals surface area (Å²) in [5.74, 6) is -0.894. The lowest BCUT2D eigenvalue weighted by atomic mass is 9.87. The molecule has 0 amide bonds. The molecule has 0 aliphatic heterocycles. The maximum Gasteiger partial charge on any atom is 0.426 e. The van der Waals surface area contributed by atoms with E-state index in [4.69, 9.17) is 5.11 Å². The predicted molar refractivity (Wildman–Crippen MR) is 54.9 cm³/mol. The minimum atomic E-state index is -5.72. The van der Waals surface area contributed by atoms with Crippen LogP contribution in [-0.2, 0) is 0 Å². The molecular formula is C11H16F6O. The van der Waals surface area contributed by atoms with Gasteiger partial charge in [-0.2, -0.15) is 26.3 Å². The molecule has 0 aromatic rings. The lowest BCUT2D eigenvalue weighted by Crippen LogP contribution is -2.57. The van der Waals surface area contributed by atoms with Crippen LogP contribution in [0.4, 0.5) is 26.3 Å². The van der Waals surface area contributed by atoms with Gasteiger partial charge in [-0.25, -0.2) is 0 Å². The Morgan fingerprint density at radius 1 is 1.06 bits per heavy atom. The molecule has 0 rings (SSSR count). The third-order valence-corrected chi connectivity index (χ3v) is 2.64. The average Bonchev–Trinajstić information content (AvgIpc) is 2.14. The molecule has 0 aromatic carbocycles. The summed E-state index contributed by atoms with van der Waals surface area (Å²) in [5.41, 5.74) is -4.63. The highest BCUT2D eigenvalue weighted by atomic mass is 19.4. The van der Waals surface area contributed by atoms with Crippen LogP contribution < -0.4 is 0 Å². The monoisotopic (exact) mass is 278 g/mol. The van der Waals surface area contributed by atoms with E-state index in [1.165, 1.54) is 6.92 Å². The smallest absolute Gasteiger partial charge is 0.374 e. The van der Waals surface area contributed by atoms with E-state index in [2.05, 4.69) is 0 Å². The third-order valence-electron chi connectivity index (χ3n) is 2.64. The molecule has 1 nitrogen and oxygen atoms in total. The standard InChI is InChI=1S/C11H16F6O/c1-3-4-5-6-8(2)7-9(18,10(12,13)14)11(15,16)17/h3-4,8,18H,5-7H2,1-2H3. The van der Waals surface area contributed by atoms with E-state index >= 15 is 0 Å². The van der Waals surface area contributed by atoms with Gasteiger partial charge < -0.3 is 5.11 Å². The van der Waals surface area contributed by atoms with Gasteiger partial charge >= 0.3 is 12.4 Å². The molecule has 1 atom stereocenters. The lowest BCUT2D eigenvalue weighted by molar-refractivity contribution is -0.372. The lowest BCUT2D eigenvalue weighted by Gasteiger charge is -2.34. The Morgan fingerprint density at radius 2 is 1.50 bits per heavy atom. The van der Waals surface area contributed by atoms with E-state index in [1.807, 2.05) is 0 Å². The van der Waals surface area contributed by atoms with Gasteiger partial charge in [0.2, 0.25) is 0 Å². The molecule has 108 valence electrons. The quantitative estimate of drug-likeness (QED) is 0.589. The van der Waals surface area contributed by atoms with Crippen LogP contribution >= 0.6 is 0 Å². The maximum absolute atomic E-state index is 12.4. The first-order chi connectivity index (χ1) is 7.95. The normalized spacial score (nSPS) is 16.3. The first-order valence-corrected chi connectivity index (χ1v) is 5.42. The molecular weight excluding hydrogens is 262 g/mol. The van der Waals surface area contributed by atoms with Gasteiger partial charge in [0.05, 0.1) is 0 Å². The third kappa shape index (κ3) is 4.19. The Kier molecular flexibility index (Phi) is 5.71. The first-order valence-electron chi connectivity index (χ1n) is 5.42. The van der Waals surface area contributed by atoms with E-state index < -0.39 is 30.3 Å². The SMILES string of the molecule is CC=CCCC(C)CC(O)(C(F)(F)F)C(F)(F)F. The zero-order chi connectivity index (χ0) is 14.6. The van der Waals surface area contributed by atoms with Crippen molar-refractivity contribution in [1.29, 1.82) is 0 Å². The minimum Gasteiger partial charge on any atom is -0.374 e. The van der Waals surface area contributed by atoms with Gasteiger partial charge in [-0.05, 0) is 32.1 Å². The predicted octanol–water partition coefficient (Wildman–Crippen LogP) is 4.22. The van der Waals surface area contributed by atoms with Gasteiger partial charge in [-0.3, -0.25) is 0 Å². The number of aliphatic hydroxyl groups is 1. The summed E-state index contributed by atoms with van der Waals surface area (Å²) < 4.78 is 74.2. The van der Waals surface area contributed by atoms with Crippen molar-refractivity contribution in [2.24, 2.45) is 5.92 Å². The molecule has 0 aliphatic carbocycles. The largest absolute Gasteiger partial charge is 0.426 e. The molecule has 18 heavy (non-hydrogen) atoms. The Labute approximate surface area is 101 Å². The Bertz CT molecular complexity index is 264. The second-order valence-corrected chi connectivity index (χ2v) is 4.31. The Balaban J connectivity index is 4.83. The highest BCUT2D eigenvalue weighted by Crippen LogP contribution is 2.47. The Hall–Kier alpha value is -0.720. The van der Waals surface area contributed by atoms with Crippen molar-refractivity contribution < 1.29 is 31.4 Å². The summed E-state index contributed by atoms with van der Waals surface area (Å²) in [5, 5.41) is 8.94. The summed E-state index contributed by atoms with van der Waals surface area (Å²) in [6.45, 7) is 2.96. The first kappa shape index (κ1) is 17.3. The van der Waals surface area contributed by atoms with Crippen LogP contribution in [0.1, 0.15) is 33.1 Å². The van der Waals surface area contributed by atoms with Crippen LogP contribution in [0.25, 0.3) is 0 Å². The van der Waals surface area contributed by atoms with E-state index in [9.17, 15) is 26.3 Å². The van der Waals surface area contributed by atoms with Crippen molar-refractivity contribution in [3.63, 3.8) is 0 Å². The molecule has 0 spiro atoms. The van der Waals surface area contributed by atoms with Gasteiger partial charge in [0.1, 0.15) is 0 Å². The van der Waals surface area contributed by atoms with Crippen molar-refractivity contribution in [3.8, 4) is 0 Å².